The molecule has 0 saturated carbocycles. The Labute approximate surface area is 122 Å². The molecule has 20 heavy (non-hydrogen) atoms. The lowest BCUT2D eigenvalue weighted by atomic mass is 10.1. The lowest BCUT2D eigenvalue weighted by Crippen LogP contribution is -2.39. The molecule has 0 aliphatic rings. The maximum absolute atomic E-state index is 11.9. The van der Waals surface area contributed by atoms with Crippen molar-refractivity contribution in [3.05, 3.63) is 42.5 Å². The molecule has 1 rings (SSSR count). The Balaban J connectivity index is 2.60. The van der Waals surface area contributed by atoms with Crippen LogP contribution in [0.4, 0.5) is 10.5 Å². The summed E-state index contributed by atoms with van der Waals surface area (Å²) in [5, 5.41) is 11.8. The van der Waals surface area contributed by atoms with Crippen LogP contribution in [0.25, 0.3) is 0 Å². The van der Waals surface area contributed by atoms with E-state index >= 15 is 0 Å². The van der Waals surface area contributed by atoms with E-state index in [-0.39, 0.29) is 11.6 Å². The number of carboxylic acid groups (broad SMARTS) is 1. The first-order valence-electron chi connectivity index (χ1n) is 6.10. The highest BCUT2D eigenvalue weighted by molar-refractivity contribution is 7.99. The SMILES string of the molecule is C=CCSCCNC(=O)N(C)c1ccccc1C(=O)O. The van der Waals surface area contributed by atoms with Gasteiger partial charge in [0.2, 0.25) is 0 Å². The average Bonchev–Trinajstić information content (AvgIpc) is 2.46. The Bertz CT molecular complexity index is 491. The molecule has 0 radical (unpaired) electrons. The van der Waals surface area contributed by atoms with E-state index < -0.39 is 5.97 Å². The monoisotopic (exact) mass is 294 g/mol. The third-order valence-electron chi connectivity index (χ3n) is 2.56. The molecule has 0 saturated heterocycles. The van der Waals surface area contributed by atoms with Crippen molar-refractivity contribution in [1.29, 1.82) is 0 Å². The van der Waals surface area contributed by atoms with E-state index in [0.717, 1.165) is 11.5 Å². The van der Waals surface area contributed by atoms with Crippen molar-refractivity contribution in [2.24, 2.45) is 0 Å². The van der Waals surface area contributed by atoms with Crippen LogP contribution in [0.2, 0.25) is 0 Å². The second-order valence-corrected chi connectivity index (χ2v) is 5.13. The van der Waals surface area contributed by atoms with Gasteiger partial charge in [-0.1, -0.05) is 18.2 Å². The molecule has 0 bridgehead atoms. The van der Waals surface area contributed by atoms with E-state index in [1.54, 1.807) is 37.0 Å². The van der Waals surface area contributed by atoms with Gasteiger partial charge in [-0.2, -0.15) is 11.8 Å². The number of aromatic carboxylic acids is 1. The van der Waals surface area contributed by atoms with Crippen molar-refractivity contribution in [3.8, 4) is 0 Å². The van der Waals surface area contributed by atoms with Gasteiger partial charge >= 0.3 is 12.0 Å². The second-order valence-electron chi connectivity index (χ2n) is 3.98. The van der Waals surface area contributed by atoms with Gasteiger partial charge in [0.15, 0.2) is 0 Å². The molecule has 1 aromatic carbocycles. The summed E-state index contributed by atoms with van der Waals surface area (Å²) in [6, 6.07) is 6.09. The molecule has 0 unspecified atom stereocenters. The van der Waals surface area contributed by atoms with E-state index in [9.17, 15) is 9.59 Å². The number of rotatable bonds is 7. The van der Waals surface area contributed by atoms with Gasteiger partial charge in [0, 0.05) is 25.1 Å². The van der Waals surface area contributed by atoms with Crippen LogP contribution in [-0.4, -0.2) is 42.2 Å². The van der Waals surface area contributed by atoms with Gasteiger partial charge in [-0.25, -0.2) is 9.59 Å². The first kappa shape index (κ1) is 16.1. The predicted octanol–water partition coefficient (Wildman–Crippen LogP) is 2.45. The molecule has 2 N–H and O–H groups in total. The largest absolute Gasteiger partial charge is 0.478 e. The number of urea groups is 1. The van der Waals surface area contributed by atoms with Crippen LogP contribution in [0.1, 0.15) is 10.4 Å². The number of benzene rings is 1. The summed E-state index contributed by atoms with van der Waals surface area (Å²) in [6.45, 7) is 4.14. The van der Waals surface area contributed by atoms with Crippen LogP contribution < -0.4 is 10.2 Å². The number of thioether (sulfide) groups is 1. The summed E-state index contributed by atoms with van der Waals surface area (Å²) < 4.78 is 0. The lowest BCUT2D eigenvalue weighted by Gasteiger charge is -2.19. The molecule has 1 aromatic rings. The average molecular weight is 294 g/mol. The smallest absolute Gasteiger partial charge is 0.337 e. The van der Waals surface area contributed by atoms with Gasteiger partial charge in [-0.3, -0.25) is 4.90 Å². The summed E-state index contributed by atoms with van der Waals surface area (Å²) in [7, 11) is 1.55. The van der Waals surface area contributed by atoms with E-state index in [0.29, 0.717) is 12.2 Å². The van der Waals surface area contributed by atoms with E-state index in [2.05, 4.69) is 11.9 Å². The molecular formula is C14H18N2O3S. The maximum Gasteiger partial charge on any atom is 0.337 e. The number of anilines is 1. The minimum Gasteiger partial charge on any atom is -0.478 e. The van der Waals surface area contributed by atoms with Crippen molar-refractivity contribution in [2.75, 3.05) is 30.0 Å². The fourth-order valence-corrected chi connectivity index (χ4v) is 2.15. The van der Waals surface area contributed by atoms with E-state index in [1.807, 2.05) is 6.08 Å². The molecular weight excluding hydrogens is 276 g/mol. The molecule has 5 nitrogen and oxygen atoms in total. The van der Waals surface area contributed by atoms with Gasteiger partial charge in [0.25, 0.3) is 0 Å². The number of carboxylic acids is 1. The van der Waals surface area contributed by atoms with Gasteiger partial charge in [-0.05, 0) is 12.1 Å². The van der Waals surface area contributed by atoms with Crippen molar-refractivity contribution in [2.45, 2.75) is 0 Å². The summed E-state index contributed by atoms with van der Waals surface area (Å²) in [4.78, 5) is 24.4. The highest BCUT2D eigenvalue weighted by atomic mass is 32.2. The number of carbonyl (C=O) groups is 2. The fraction of sp³-hybridized carbons (Fsp3) is 0.286. The van der Waals surface area contributed by atoms with Crippen LogP contribution in [-0.2, 0) is 0 Å². The Morgan fingerprint density at radius 1 is 1.45 bits per heavy atom. The van der Waals surface area contributed by atoms with E-state index in [1.165, 1.54) is 11.0 Å². The summed E-state index contributed by atoms with van der Waals surface area (Å²) in [5.41, 5.74) is 0.474. The van der Waals surface area contributed by atoms with Gasteiger partial charge in [0.05, 0.1) is 11.3 Å². The minimum atomic E-state index is -1.05. The summed E-state index contributed by atoms with van der Waals surface area (Å²) >= 11 is 1.67. The molecule has 0 atom stereocenters. The third-order valence-corrected chi connectivity index (χ3v) is 3.52. The highest BCUT2D eigenvalue weighted by Gasteiger charge is 2.17. The zero-order valence-electron chi connectivity index (χ0n) is 11.3. The van der Waals surface area contributed by atoms with Crippen molar-refractivity contribution in [1.82, 2.24) is 5.32 Å². The Kier molecular flexibility index (Phi) is 6.66. The quantitative estimate of drug-likeness (QED) is 0.598. The number of nitrogens with one attached hydrogen (secondary N) is 1. The Morgan fingerprint density at radius 2 is 2.15 bits per heavy atom. The van der Waals surface area contributed by atoms with Crippen LogP contribution in [0, 0.1) is 0 Å². The molecule has 0 spiro atoms. The normalized spacial score (nSPS) is 9.85. The number of hydrogen-bond donors (Lipinski definition) is 2. The molecule has 0 aliphatic heterocycles. The topological polar surface area (TPSA) is 69.6 Å². The van der Waals surface area contributed by atoms with Crippen LogP contribution in [0.3, 0.4) is 0 Å². The van der Waals surface area contributed by atoms with Crippen molar-refractivity contribution >= 4 is 29.4 Å². The number of hydrogen-bond acceptors (Lipinski definition) is 3. The number of carbonyl (C=O) groups excluding carboxylic acids is 1. The van der Waals surface area contributed by atoms with Crippen LogP contribution in [0.5, 0.6) is 0 Å². The lowest BCUT2D eigenvalue weighted by molar-refractivity contribution is 0.0697. The maximum atomic E-state index is 11.9. The molecule has 6 heteroatoms. The van der Waals surface area contributed by atoms with Crippen LogP contribution in [0.15, 0.2) is 36.9 Å². The number of nitrogens with zero attached hydrogens (tertiary/aromatic N) is 1. The standard InChI is InChI=1S/C14H18N2O3S/c1-3-9-20-10-8-15-14(19)16(2)12-7-5-4-6-11(12)13(17)18/h3-7H,1,8-10H2,2H3,(H,15,19)(H,17,18). The fourth-order valence-electron chi connectivity index (χ4n) is 1.57. The molecule has 108 valence electrons. The van der Waals surface area contributed by atoms with Crippen LogP contribution >= 0.6 is 11.8 Å². The van der Waals surface area contributed by atoms with Gasteiger partial charge in [-0.15, -0.1) is 6.58 Å². The number of amides is 2. The molecule has 0 fully saturated rings. The third kappa shape index (κ3) is 4.62. The summed E-state index contributed by atoms with van der Waals surface area (Å²) in [5.74, 6) is 0.571. The molecule has 0 aliphatic carbocycles. The zero-order valence-corrected chi connectivity index (χ0v) is 12.2. The van der Waals surface area contributed by atoms with Crippen molar-refractivity contribution in [3.63, 3.8) is 0 Å². The van der Waals surface area contributed by atoms with Crippen molar-refractivity contribution < 1.29 is 14.7 Å². The first-order valence-corrected chi connectivity index (χ1v) is 7.26. The second kappa shape index (κ2) is 8.27. The minimum absolute atomic E-state index is 0.103. The predicted molar refractivity (Wildman–Crippen MR) is 82.7 cm³/mol. The number of para-hydroxylation sites is 1. The van der Waals surface area contributed by atoms with Gasteiger partial charge < -0.3 is 10.4 Å². The molecule has 2 amide bonds. The van der Waals surface area contributed by atoms with Gasteiger partial charge in [0.1, 0.15) is 0 Å². The highest BCUT2D eigenvalue weighted by Crippen LogP contribution is 2.19. The Morgan fingerprint density at radius 3 is 2.80 bits per heavy atom. The molecule has 0 aromatic heterocycles. The zero-order chi connectivity index (χ0) is 15.0. The Hall–Kier alpha value is -1.95. The molecule has 0 heterocycles. The first-order chi connectivity index (χ1) is 9.57. The summed E-state index contributed by atoms with van der Waals surface area (Å²) in [6.07, 6.45) is 1.81. The van der Waals surface area contributed by atoms with E-state index in [4.69, 9.17) is 5.11 Å².